The number of hydrogen-bond donors (Lipinski definition) is 0. The van der Waals surface area contributed by atoms with Crippen molar-refractivity contribution in [3.8, 4) is 0 Å². The third kappa shape index (κ3) is 2.27. The van der Waals surface area contributed by atoms with Crippen molar-refractivity contribution in [3.05, 3.63) is 34.4 Å². The number of benzene rings is 1. The van der Waals surface area contributed by atoms with Crippen LogP contribution in [0, 0.1) is 11.6 Å². The minimum Gasteiger partial charge on any atom is -0.377 e. The van der Waals surface area contributed by atoms with Gasteiger partial charge in [-0.05, 0) is 12.1 Å². The lowest BCUT2D eigenvalue weighted by Crippen LogP contribution is -2.09. The lowest BCUT2D eigenvalue weighted by molar-refractivity contribution is 0.0843. The average molecular weight is 221 g/mol. The van der Waals surface area contributed by atoms with Gasteiger partial charge in [-0.25, -0.2) is 8.78 Å². The van der Waals surface area contributed by atoms with E-state index in [4.69, 9.17) is 11.6 Å². The van der Waals surface area contributed by atoms with Crippen LogP contribution in [0.3, 0.4) is 0 Å². The van der Waals surface area contributed by atoms with E-state index in [0.29, 0.717) is 0 Å². The minimum atomic E-state index is -0.849. The summed E-state index contributed by atoms with van der Waals surface area (Å²) in [5, 5.41) is -0.350. The number of carbonyl (C=O) groups excluding carboxylic acids is 1. The number of methoxy groups -OCH3 is 1. The molecule has 0 aromatic heterocycles. The van der Waals surface area contributed by atoms with E-state index in [1.807, 2.05) is 0 Å². The zero-order valence-electron chi connectivity index (χ0n) is 7.31. The second kappa shape index (κ2) is 4.48. The molecule has 0 unspecified atom stereocenters. The number of ether oxygens (including phenoxy) is 1. The van der Waals surface area contributed by atoms with Crippen LogP contribution in [0.2, 0.25) is 5.02 Å². The minimum absolute atomic E-state index is 0.294. The molecule has 5 heteroatoms. The Morgan fingerprint density at radius 2 is 2.07 bits per heavy atom. The van der Waals surface area contributed by atoms with Gasteiger partial charge in [0.25, 0.3) is 0 Å². The summed E-state index contributed by atoms with van der Waals surface area (Å²) in [6.45, 7) is -0.294. The van der Waals surface area contributed by atoms with Gasteiger partial charge in [-0.3, -0.25) is 4.79 Å². The van der Waals surface area contributed by atoms with Gasteiger partial charge in [0.1, 0.15) is 18.2 Å². The molecular formula is C9H7ClF2O2. The summed E-state index contributed by atoms with van der Waals surface area (Å²) < 4.78 is 30.5. The van der Waals surface area contributed by atoms with Gasteiger partial charge in [-0.1, -0.05) is 11.6 Å². The highest BCUT2D eigenvalue weighted by molar-refractivity contribution is 6.30. The first-order valence-electron chi connectivity index (χ1n) is 3.73. The number of halogens is 3. The molecule has 0 aliphatic heterocycles. The van der Waals surface area contributed by atoms with Gasteiger partial charge in [-0.2, -0.15) is 0 Å². The zero-order valence-corrected chi connectivity index (χ0v) is 8.07. The molecule has 0 aliphatic rings. The first-order valence-corrected chi connectivity index (χ1v) is 4.10. The highest BCUT2D eigenvalue weighted by atomic mass is 35.5. The molecule has 0 N–H and O–H groups in total. The van der Waals surface area contributed by atoms with Crippen LogP contribution in [-0.4, -0.2) is 19.5 Å². The van der Waals surface area contributed by atoms with Crippen LogP contribution < -0.4 is 0 Å². The standard InChI is InChI=1S/C9H7ClF2O2/c1-14-4-9(13)5-2-8(12)6(10)3-7(5)11/h2-3H,4H2,1H3. The van der Waals surface area contributed by atoms with E-state index < -0.39 is 17.4 Å². The number of rotatable bonds is 3. The number of hydrogen-bond acceptors (Lipinski definition) is 2. The average Bonchev–Trinajstić information content (AvgIpc) is 2.11. The van der Waals surface area contributed by atoms with E-state index in [9.17, 15) is 13.6 Å². The summed E-state index contributed by atoms with van der Waals surface area (Å²) in [5.74, 6) is -2.30. The van der Waals surface area contributed by atoms with E-state index in [0.717, 1.165) is 12.1 Å². The predicted molar refractivity (Wildman–Crippen MR) is 47.6 cm³/mol. The molecule has 1 rings (SSSR count). The Morgan fingerprint density at radius 1 is 1.43 bits per heavy atom. The maximum Gasteiger partial charge on any atom is 0.191 e. The quantitative estimate of drug-likeness (QED) is 0.578. The Bertz CT molecular complexity index is 366. The van der Waals surface area contributed by atoms with Gasteiger partial charge in [0, 0.05) is 7.11 Å². The Morgan fingerprint density at radius 3 is 2.64 bits per heavy atom. The largest absolute Gasteiger partial charge is 0.377 e. The first-order chi connectivity index (χ1) is 6.56. The smallest absolute Gasteiger partial charge is 0.191 e. The second-order valence-electron chi connectivity index (χ2n) is 2.60. The summed E-state index contributed by atoms with van der Waals surface area (Å²) in [5.41, 5.74) is -0.353. The van der Waals surface area contributed by atoms with Gasteiger partial charge in [0.15, 0.2) is 5.78 Å². The number of Topliss-reactive ketones (excluding diaryl/α,β-unsaturated/α-hetero) is 1. The van der Waals surface area contributed by atoms with E-state index >= 15 is 0 Å². The van der Waals surface area contributed by atoms with Crippen LogP contribution >= 0.6 is 11.6 Å². The van der Waals surface area contributed by atoms with Crippen molar-refractivity contribution in [2.45, 2.75) is 0 Å². The molecule has 14 heavy (non-hydrogen) atoms. The topological polar surface area (TPSA) is 26.3 Å². The van der Waals surface area contributed by atoms with E-state index in [1.165, 1.54) is 7.11 Å². The molecule has 0 heterocycles. The van der Waals surface area contributed by atoms with Crippen LogP contribution in [-0.2, 0) is 4.74 Å². The summed E-state index contributed by atoms with van der Waals surface area (Å²) in [7, 11) is 1.29. The van der Waals surface area contributed by atoms with Gasteiger partial charge in [-0.15, -0.1) is 0 Å². The van der Waals surface area contributed by atoms with Gasteiger partial charge < -0.3 is 4.74 Å². The summed E-state index contributed by atoms with van der Waals surface area (Å²) in [6.07, 6.45) is 0. The lowest BCUT2D eigenvalue weighted by atomic mass is 10.1. The van der Waals surface area contributed by atoms with Gasteiger partial charge in [0.05, 0.1) is 10.6 Å². The molecule has 0 spiro atoms. The first kappa shape index (κ1) is 11.1. The normalized spacial score (nSPS) is 10.3. The summed E-state index contributed by atoms with van der Waals surface area (Å²) >= 11 is 5.31. The molecule has 1 aromatic rings. The predicted octanol–water partition coefficient (Wildman–Crippen LogP) is 2.45. The third-order valence-electron chi connectivity index (χ3n) is 1.59. The highest BCUT2D eigenvalue weighted by Gasteiger charge is 2.14. The van der Waals surface area contributed by atoms with Crippen LogP contribution in [0.5, 0.6) is 0 Å². The highest BCUT2D eigenvalue weighted by Crippen LogP contribution is 2.19. The molecule has 0 saturated heterocycles. The molecule has 0 amide bonds. The van der Waals surface area contributed by atoms with Crippen molar-refractivity contribution in [2.75, 3.05) is 13.7 Å². The molecule has 0 radical (unpaired) electrons. The van der Waals surface area contributed by atoms with Crippen molar-refractivity contribution in [2.24, 2.45) is 0 Å². The molecule has 0 fully saturated rings. The Labute approximate surface area is 84.4 Å². The van der Waals surface area contributed by atoms with Crippen molar-refractivity contribution in [1.82, 2.24) is 0 Å². The number of carbonyl (C=O) groups is 1. The monoisotopic (exact) mass is 220 g/mol. The summed E-state index contributed by atoms with van der Waals surface area (Å²) in [6, 6.07) is 1.53. The van der Waals surface area contributed by atoms with Crippen molar-refractivity contribution >= 4 is 17.4 Å². The van der Waals surface area contributed by atoms with Crippen molar-refractivity contribution < 1.29 is 18.3 Å². The van der Waals surface area contributed by atoms with Gasteiger partial charge in [0.2, 0.25) is 0 Å². The Kier molecular flexibility index (Phi) is 3.55. The molecule has 76 valence electrons. The zero-order chi connectivity index (χ0) is 10.7. The molecular weight excluding hydrogens is 214 g/mol. The Balaban J connectivity index is 3.09. The van der Waals surface area contributed by atoms with Crippen molar-refractivity contribution in [3.63, 3.8) is 0 Å². The number of ketones is 1. The van der Waals surface area contributed by atoms with E-state index in [2.05, 4.69) is 4.74 Å². The molecule has 0 aliphatic carbocycles. The summed E-state index contributed by atoms with van der Waals surface area (Å²) in [4.78, 5) is 11.2. The van der Waals surface area contributed by atoms with Crippen LogP contribution in [0.15, 0.2) is 12.1 Å². The molecule has 0 atom stereocenters. The molecule has 0 bridgehead atoms. The molecule has 0 saturated carbocycles. The third-order valence-corrected chi connectivity index (χ3v) is 1.88. The van der Waals surface area contributed by atoms with E-state index in [1.54, 1.807) is 0 Å². The fourth-order valence-electron chi connectivity index (χ4n) is 0.945. The molecule has 1 aromatic carbocycles. The van der Waals surface area contributed by atoms with Gasteiger partial charge >= 0.3 is 0 Å². The van der Waals surface area contributed by atoms with Crippen molar-refractivity contribution in [1.29, 1.82) is 0 Å². The lowest BCUT2D eigenvalue weighted by Gasteiger charge is -2.02. The fourth-order valence-corrected chi connectivity index (χ4v) is 1.10. The molecule has 2 nitrogen and oxygen atoms in total. The van der Waals surface area contributed by atoms with Crippen LogP contribution in [0.25, 0.3) is 0 Å². The Hall–Kier alpha value is -1.00. The van der Waals surface area contributed by atoms with Crippen LogP contribution in [0.4, 0.5) is 8.78 Å². The van der Waals surface area contributed by atoms with Crippen LogP contribution in [0.1, 0.15) is 10.4 Å². The second-order valence-corrected chi connectivity index (χ2v) is 3.01. The maximum atomic E-state index is 13.1. The maximum absolute atomic E-state index is 13.1. The van der Waals surface area contributed by atoms with E-state index in [-0.39, 0.29) is 17.2 Å². The SMILES string of the molecule is COCC(=O)c1cc(F)c(Cl)cc1F. The fraction of sp³-hybridized carbons (Fsp3) is 0.222.